The maximum absolute atomic E-state index is 11.3. The molecule has 0 radical (unpaired) electrons. The average Bonchev–Trinajstić information content (AvgIpc) is 2.46. The lowest BCUT2D eigenvalue weighted by molar-refractivity contribution is 0.0696. The number of methoxy groups -OCH3 is 2. The Labute approximate surface area is 125 Å². The van der Waals surface area contributed by atoms with Crippen molar-refractivity contribution < 1.29 is 19.4 Å². The highest BCUT2D eigenvalue weighted by Gasteiger charge is 2.15. The van der Waals surface area contributed by atoms with Crippen LogP contribution in [0.25, 0.3) is 0 Å². The molecule has 0 saturated carbocycles. The van der Waals surface area contributed by atoms with E-state index < -0.39 is 5.97 Å². The van der Waals surface area contributed by atoms with E-state index in [1.54, 1.807) is 26.4 Å². The summed E-state index contributed by atoms with van der Waals surface area (Å²) in [5.74, 6) is -0.138. The van der Waals surface area contributed by atoms with Gasteiger partial charge in [0.1, 0.15) is 5.82 Å². The smallest absolute Gasteiger partial charge is 0.335 e. The van der Waals surface area contributed by atoms with Crippen LogP contribution in [-0.4, -0.2) is 56.6 Å². The fourth-order valence-electron chi connectivity index (χ4n) is 1.86. The summed E-state index contributed by atoms with van der Waals surface area (Å²) in [6.45, 7) is 6.33. The van der Waals surface area contributed by atoms with Crippen molar-refractivity contribution in [1.82, 2.24) is 4.98 Å². The van der Waals surface area contributed by atoms with Gasteiger partial charge in [0.05, 0.1) is 18.8 Å². The number of pyridine rings is 1. The minimum atomic E-state index is -0.945. The Bertz CT molecular complexity index is 455. The zero-order valence-electron chi connectivity index (χ0n) is 13.1. The molecule has 0 aliphatic carbocycles. The lowest BCUT2D eigenvalue weighted by Crippen LogP contribution is -2.31. The third-order valence-corrected chi connectivity index (χ3v) is 3.12. The zero-order valence-corrected chi connectivity index (χ0v) is 13.1. The first kappa shape index (κ1) is 17.4. The van der Waals surface area contributed by atoms with Gasteiger partial charge in [-0.15, -0.1) is 0 Å². The first-order chi connectivity index (χ1) is 9.99. The predicted octanol–water partition coefficient (Wildman–Crippen LogP) is 2.00. The van der Waals surface area contributed by atoms with Crippen molar-refractivity contribution in [3.63, 3.8) is 0 Å². The number of anilines is 1. The minimum absolute atomic E-state index is 0.162. The lowest BCUT2D eigenvalue weighted by Gasteiger charge is -2.24. The molecule has 118 valence electrons. The number of carbonyl (C=O) groups is 1. The van der Waals surface area contributed by atoms with Crippen molar-refractivity contribution in [2.45, 2.75) is 19.8 Å². The van der Waals surface area contributed by atoms with Gasteiger partial charge in [0.2, 0.25) is 0 Å². The van der Waals surface area contributed by atoms with Gasteiger partial charge >= 0.3 is 5.97 Å². The van der Waals surface area contributed by atoms with Crippen molar-refractivity contribution in [1.29, 1.82) is 0 Å². The first-order valence-corrected chi connectivity index (χ1v) is 6.97. The van der Waals surface area contributed by atoms with Crippen LogP contribution in [0, 0.1) is 0 Å². The lowest BCUT2D eigenvalue weighted by atomic mass is 10.1. The molecule has 0 saturated heterocycles. The summed E-state index contributed by atoms with van der Waals surface area (Å²) in [6.07, 6.45) is 0. The molecule has 1 heterocycles. The second kappa shape index (κ2) is 8.59. The molecule has 0 unspecified atom stereocenters. The van der Waals surface area contributed by atoms with Gasteiger partial charge in [0.25, 0.3) is 0 Å². The molecule has 0 spiro atoms. The molecule has 0 aliphatic rings. The Hall–Kier alpha value is -1.66. The fraction of sp³-hybridized carbons (Fsp3) is 0.600. The molecule has 0 fully saturated rings. The summed E-state index contributed by atoms with van der Waals surface area (Å²) >= 11 is 0. The topological polar surface area (TPSA) is 71.9 Å². The van der Waals surface area contributed by atoms with Gasteiger partial charge in [-0.25, -0.2) is 9.78 Å². The highest BCUT2D eigenvalue weighted by molar-refractivity contribution is 5.88. The van der Waals surface area contributed by atoms with Crippen LogP contribution in [0.2, 0.25) is 0 Å². The number of ether oxygens (including phenoxy) is 2. The summed E-state index contributed by atoms with van der Waals surface area (Å²) in [4.78, 5) is 17.8. The van der Waals surface area contributed by atoms with Crippen molar-refractivity contribution in [2.75, 3.05) is 45.4 Å². The Morgan fingerprint density at radius 2 is 1.81 bits per heavy atom. The van der Waals surface area contributed by atoms with E-state index >= 15 is 0 Å². The molecule has 0 aliphatic heterocycles. The monoisotopic (exact) mass is 296 g/mol. The first-order valence-electron chi connectivity index (χ1n) is 6.97. The number of rotatable bonds is 9. The second-order valence-electron chi connectivity index (χ2n) is 5.07. The molecule has 0 atom stereocenters. The zero-order chi connectivity index (χ0) is 15.8. The quantitative estimate of drug-likeness (QED) is 0.751. The number of carboxylic acid groups (broad SMARTS) is 1. The van der Waals surface area contributed by atoms with Gasteiger partial charge in [-0.2, -0.15) is 0 Å². The molecule has 21 heavy (non-hydrogen) atoms. The van der Waals surface area contributed by atoms with Gasteiger partial charge in [-0.05, 0) is 18.1 Å². The van der Waals surface area contributed by atoms with E-state index in [1.807, 2.05) is 18.7 Å². The largest absolute Gasteiger partial charge is 0.478 e. The Balaban J connectivity index is 3.11. The van der Waals surface area contributed by atoms with Gasteiger partial charge in [-0.1, -0.05) is 13.8 Å². The molecule has 1 aromatic heterocycles. The maximum atomic E-state index is 11.3. The van der Waals surface area contributed by atoms with Gasteiger partial charge in [0, 0.05) is 33.0 Å². The number of aromatic nitrogens is 1. The SMILES string of the molecule is COCCN(CCOC)c1cc(C(=O)O)cc(C(C)C)n1. The number of nitrogens with zero attached hydrogens (tertiary/aromatic N) is 2. The van der Waals surface area contributed by atoms with Gasteiger partial charge in [-0.3, -0.25) is 0 Å². The summed E-state index contributed by atoms with van der Waals surface area (Å²) < 4.78 is 10.2. The fourth-order valence-corrected chi connectivity index (χ4v) is 1.86. The molecular weight excluding hydrogens is 272 g/mol. The van der Waals surface area contributed by atoms with E-state index in [0.717, 1.165) is 5.69 Å². The summed E-state index contributed by atoms with van der Waals surface area (Å²) in [6, 6.07) is 3.22. The van der Waals surface area contributed by atoms with Crippen LogP contribution in [0.3, 0.4) is 0 Å². The highest BCUT2D eigenvalue weighted by Crippen LogP contribution is 2.20. The predicted molar refractivity (Wildman–Crippen MR) is 81.3 cm³/mol. The van der Waals surface area contributed by atoms with Gasteiger partial charge in [0.15, 0.2) is 0 Å². The van der Waals surface area contributed by atoms with Crippen LogP contribution < -0.4 is 4.90 Å². The number of hydrogen-bond donors (Lipinski definition) is 1. The molecule has 0 amide bonds. The Kier molecular flexibility index (Phi) is 7.11. The van der Waals surface area contributed by atoms with Crippen molar-refractivity contribution in [3.05, 3.63) is 23.4 Å². The van der Waals surface area contributed by atoms with E-state index in [4.69, 9.17) is 9.47 Å². The molecule has 0 aromatic carbocycles. The average molecular weight is 296 g/mol. The molecule has 0 bridgehead atoms. The normalized spacial score (nSPS) is 10.9. The van der Waals surface area contributed by atoms with Crippen molar-refractivity contribution >= 4 is 11.8 Å². The Morgan fingerprint density at radius 3 is 2.24 bits per heavy atom. The van der Waals surface area contributed by atoms with E-state index in [-0.39, 0.29) is 11.5 Å². The highest BCUT2D eigenvalue weighted by atomic mass is 16.5. The molecule has 6 nitrogen and oxygen atoms in total. The van der Waals surface area contributed by atoms with Crippen LogP contribution in [0.4, 0.5) is 5.82 Å². The molecular formula is C15H24N2O4. The van der Waals surface area contributed by atoms with Crippen LogP contribution in [0.15, 0.2) is 12.1 Å². The standard InChI is InChI=1S/C15H24N2O4/c1-11(2)13-9-12(15(18)19)10-14(16-13)17(5-7-20-3)6-8-21-4/h9-11H,5-8H2,1-4H3,(H,18,19). The summed E-state index contributed by atoms with van der Waals surface area (Å²) in [5.41, 5.74) is 1.02. The van der Waals surface area contributed by atoms with E-state index in [1.165, 1.54) is 0 Å². The molecule has 6 heteroatoms. The minimum Gasteiger partial charge on any atom is -0.478 e. The molecule has 1 rings (SSSR count). The second-order valence-corrected chi connectivity index (χ2v) is 5.07. The third kappa shape index (κ3) is 5.32. The third-order valence-electron chi connectivity index (χ3n) is 3.12. The number of aromatic carboxylic acids is 1. The molecule has 1 N–H and O–H groups in total. The van der Waals surface area contributed by atoms with Gasteiger partial charge < -0.3 is 19.5 Å². The van der Waals surface area contributed by atoms with E-state index in [0.29, 0.717) is 32.1 Å². The van der Waals surface area contributed by atoms with Crippen LogP contribution in [-0.2, 0) is 9.47 Å². The van der Waals surface area contributed by atoms with Crippen molar-refractivity contribution in [2.24, 2.45) is 0 Å². The number of hydrogen-bond acceptors (Lipinski definition) is 5. The van der Waals surface area contributed by atoms with E-state index in [2.05, 4.69) is 4.98 Å². The van der Waals surface area contributed by atoms with E-state index in [9.17, 15) is 9.90 Å². The maximum Gasteiger partial charge on any atom is 0.335 e. The Morgan fingerprint density at radius 1 is 1.24 bits per heavy atom. The summed E-state index contributed by atoms with van der Waals surface area (Å²) in [7, 11) is 3.27. The summed E-state index contributed by atoms with van der Waals surface area (Å²) in [5, 5.41) is 9.25. The van der Waals surface area contributed by atoms with Crippen LogP contribution in [0.5, 0.6) is 0 Å². The molecule has 1 aromatic rings. The number of carboxylic acids is 1. The van der Waals surface area contributed by atoms with Crippen molar-refractivity contribution in [3.8, 4) is 0 Å². The van der Waals surface area contributed by atoms with Crippen LogP contribution >= 0.6 is 0 Å². The van der Waals surface area contributed by atoms with Crippen LogP contribution in [0.1, 0.15) is 35.8 Å².